The smallest absolute Gasteiger partial charge is 0.255 e. The van der Waals surface area contributed by atoms with Gasteiger partial charge in [0.1, 0.15) is 12.4 Å². The number of anilines is 2. The third-order valence-electron chi connectivity index (χ3n) is 4.86. The molecule has 3 rings (SSSR count). The molecule has 0 bridgehead atoms. The van der Waals surface area contributed by atoms with Crippen molar-refractivity contribution in [2.75, 3.05) is 23.4 Å². The van der Waals surface area contributed by atoms with Crippen molar-refractivity contribution in [3.05, 3.63) is 53.1 Å². The number of carbonyl (C=O) groups excluding carboxylic acids is 2. The van der Waals surface area contributed by atoms with Gasteiger partial charge in [-0.3, -0.25) is 9.59 Å². The fraction of sp³-hybridized carbons (Fsp3) is 0.364. The van der Waals surface area contributed by atoms with Crippen molar-refractivity contribution in [2.45, 2.75) is 34.6 Å². The molecule has 0 fully saturated rings. The number of aryl methyl sites for hydroxylation is 2. The lowest BCUT2D eigenvalue weighted by atomic mass is 9.93. The van der Waals surface area contributed by atoms with Gasteiger partial charge in [-0.1, -0.05) is 17.7 Å². The molecule has 0 radical (unpaired) electrons. The largest absolute Gasteiger partial charge is 0.490 e. The minimum absolute atomic E-state index is 0.0378. The summed E-state index contributed by atoms with van der Waals surface area (Å²) in [5, 5.41) is 2.93. The minimum Gasteiger partial charge on any atom is -0.490 e. The van der Waals surface area contributed by atoms with Gasteiger partial charge in [-0.2, -0.15) is 0 Å². The van der Waals surface area contributed by atoms with Crippen LogP contribution in [0.3, 0.4) is 0 Å². The van der Waals surface area contributed by atoms with Gasteiger partial charge in [0.15, 0.2) is 0 Å². The number of amides is 2. The first kappa shape index (κ1) is 19.0. The Morgan fingerprint density at radius 3 is 2.59 bits per heavy atom. The number of ether oxygens (including phenoxy) is 1. The van der Waals surface area contributed by atoms with Crippen molar-refractivity contribution in [1.82, 2.24) is 0 Å². The first-order valence-corrected chi connectivity index (χ1v) is 9.20. The zero-order valence-electron chi connectivity index (χ0n) is 16.6. The van der Waals surface area contributed by atoms with Crippen LogP contribution in [0.4, 0.5) is 11.4 Å². The van der Waals surface area contributed by atoms with E-state index in [4.69, 9.17) is 4.74 Å². The zero-order valence-corrected chi connectivity index (χ0v) is 16.6. The van der Waals surface area contributed by atoms with E-state index in [1.54, 1.807) is 17.0 Å². The van der Waals surface area contributed by atoms with E-state index in [0.717, 1.165) is 16.8 Å². The molecule has 5 heteroatoms. The molecule has 1 N–H and O–H groups in total. The van der Waals surface area contributed by atoms with Gasteiger partial charge < -0.3 is 15.0 Å². The van der Waals surface area contributed by atoms with Crippen LogP contribution in [0.2, 0.25) is 0 Å². The number of nitrogens with zero attached hydrogens (tertiary/aromatic N) is 1. The van der Waals surface area contributed by atoms with Gasteiger partial charge in [0.2, 0.25) is 5.91 Å². The Labute approximate surface area is 160 Å². The number of benzene rings is 2. The summed E-state index contributed by atoms with van der Waals surface area (Å²) in [6.45, 7) is 10.5. The van der Waals surface area contributed by atoms with Crippen molar-refractivity contribution in [3.63, 3.8) is 0 Å². The number of rotatable bonds is 3. The van der Waals surface area contributed by atoms with Crippen LogP contribution in [-0.4, -0.2) is 25.0 Å². The zero-order chi connectivity index (χ0) is 19.8. The van der Waals surface area contributed by atoms with E-state index < -0.39 is 5.41 Å². The topological polar surface area (TPSA) is 58.6 Å². The van der Waals surface area contributed by atoms with E-state index in [0.29, 0.717) is 30.2 Å². The molecule has 0 aromatic heterocycles. The van der Waals surface area contributed by atoms with Crippen LogP contribution in [0.5, 0.6) is 5.75 Å². The Hall–Kier alpha value is -2.82. The van der Waals surface area contributed by atoms with Crippen molar-refractivity contribution >= 4 is 23.2 Å². The van der Waals surface area contributed by atoms with Gasteiger partial charge >= 0.3 is 0 Å². The first-order chi connectivity index (χ1) is 12.7. The molecule has 0 atom stereocenters. The molecule has 2 aromatic carbocycles. The molecule has 5 nitrogen and oxygen atoms in total. The van der Waals surface area contributed by atoms with E-state index in [2.05, 4.69) is 5.32 Å². The molecule has 2 amide bonds. The van der Waals surface area contributed by atoms with E-state index >= 15 is 0 Å². The Balaban J connectivity index is 1.89. The molecule has 0 unspecified atom stereocenters. The average Bonchev–Trinajstić information content (AvgIpc) is 2.70. The van der Waals surface area contributed by atoms with E-state index in [-0.39, 0.29) is 11.8 Å². The van der Waals surface area contributed by atoms with Crippen LogP contribution < -0.4 is 15.0 Å². The molecule has 0 saturated heterocycles. The molecule has 0 aliphatic carbocycles. The molecule has 27 heavy (non-hydrogen) atoms. The van der Waals surface area contributed by atoms with Crippen LogP contribution in [0, 0.1) is 19.3 Å². The van der Waals surface area contributed by atoms with Crippen molar-refractivity contribution < 1.29 is 14.3 Å². The summed E-state index contributed by atoms with van der Waals surface area (Å²) in [5.41, 5.74) is 3.47. The second-order valence-corrected chi connectivity index (χ2v) is 7.68. The highest BCUT2D eigenvalue weighted by Crippen LogP contribution is 2.38. The Morgan fingerprint density at radius 1 is 1.19 bits per heavy atom. The summed E-state index contributed by atoms with van der Waals surface area (Å²) in [6, 6.07) is 11.2. The van der Waals surface area contributed by atoms with Crippen LogP contribution in [0.25, 0.3) is 0 Å². The summed E-state index contributed by atoms with van der Waals surface area (Å²) in [6.07, 6.45) is 0. The lowest BCUT2D eigenvalue weighted by Crippen LogP contribution is -2.42. The second-order valence-electron chi connectivity index (χ2n) is 7.68. The fourth-order valence-electron chi connectivity index (χ4n) is 3.31. The average molecular weight is 366 g/mol. The number of fused-ring (bicyclic) bond motifs is 1. The summed E-state index contributed by atoms with van der Waals surface area (Å²) >= 11 is 0. The number of carbonyl (C=O) groups is 2. The second kappa shape index (κ2) is 7.06. The Bertz CT molecular complexity index is 902. The molecular weight excluding hydrogens is 340 g/mol. The fourth-order valence-corrected chi connectivity index (χ4v) is 3.31. The SMILES string of the molecule is CCN1C(=O)C(C)(C)COc2cc(NC(=O)c3ccc(C)cc3C)ccc21. The maximum atomic E-state index is 12.7. The van der Waals surface area contributed by atoms with E-state index in [9.17, 15) is 9.59 Å². The predicted molar refractivity (Wildman–Crippen MR) is 108 cm³/mol. The Morgan fingerprint density at radius 2 is 1.93 bits per heavy atom. The third kappa shape index (κ3) is 3.68. The van der Waals surface area contributed by atoms with Gasteiger partial charge in [0.05, 0.1) is 11.1 Å². The maximum absolute atomic E-state index is 12.7. The normalized spacial score (nSPS) is 15.6. The third-order valence-corrected chi connectivity index (χ3v) is 4.86. The monoisotopic (exact) mass is 366 g/mol. The van der Waals surface area contributed by atoms with Gasteiger partial charge in [0.25, 0.3) is 5.91 Å². The molecule has 142 valence electrons. The van der Waals surface area contributed by atoms with Gasteiger partial charge in [-0.05, 0) is 58.4 Å². The van der Waals surface area contributed by atoms with Gasteiger partial charge in [-0.25, -0.2) is 0 Å². The molecule has 0 spiro atoms. The van der Waals surface area contributed by atoms with Gasteiger partial charge in [0, 0.05) is 23.9 Å². The molecule has 1 aliphatic rings. The maximum Gasteiger partial charge on any atom is 0.255 e. The molecule has 1 heterocycles. The molecule has 0 saturated carbocycles. The van der Waals surface area contributed by atoms with Crippen LogP contribution >= 0.6 is 0 Å². The molecule has 1 aliphatic heterocycles. The molecule has 2 aromatic rings. The van der Waals surface area contributed by atoms with Crippen molar-refractivity contribution in [3.8, 4) is 5.75 Å². The van der Waals surface area contributed by atoms with Crippen LogP contribution in [0.15, 0.2) is 36.4 Å². The quantitative estimate of drug-likeness (QED) is 0.880. The lowest BCUT2D eigenvalue weighted by Gasteiger charge is -2.26. The Kier molecular flexibility index (Phi) is 4.96. The lowest BCUT2D eigenvalue weighted by molar-refractivity contribution is -0.127. The molecular formula is C22H26N2O3. The minimum atomic E-state index is -0.600. The standard InChI is InChI=1S/C22H26N2O3/c1-6-24-18-10-8-16(12-19(18)27-13-22(4,5)21(24)26)23-20(25)17-9-7-14(2)11-15(17)3/h7-12H,6,13H2,1-5H3,(H,23,25). The summed E-state index contributed by atoms with van der Waals surface area (Å²) in [5.74, 6) is 0.481. The number of nitrogens with one attached hydrogen (secondary N) is 1. The van der Waals surface area contributed by atoms with Crippen molar-refractivity contribution in [1.29, 1.82) is 0 Å². The number of hydrogen-bond acceptors (Lipinski definition) is 3. The van der Waals surface area contributed by atoms with Crippen LogP contribution in [0.1, 0.15) is 42.3 Å². The highest BCUT2D eigenvalue weighted by molar-refractivity contribution is 6.06. The highest BCUT2D eigenvalue weighted by Gasteiger charge is 2.37. The van der Waals surface area contributed by atoms with Gasteiger partial charge in [-0.15, -0.1) is 0 Å². The van der Waals surface area contributed by atoms with E-state index in [1.807, 2.05) is 58.9 Å². The van der Waals surface area contributed by atoms with E-state index in [1.165, 1.54) is 0 Å². The van der Waals surface area contributed by atoms with Crippen molar-refractivity contribution in [2.24, 2.45) is 5.41 Å². The van der Waals surface area contributed by atoms with Crippen LogP contribution in [-0.2, 0) is 4.79 Å². The summed E-state index contributed by atoms with van der Waals surface area (Å²) in [7, 11) is 0. The summed E-state index contributed by atoms with van der Waals surface area (Å²) < 4.78 is 5.92. The highest BCUT2D eigenvalue weighted by atomic mass is 16.5. The summed E-state index contributed by atoms with van der Waals surface area (Å²) in [4.78, 5) is 27.1. The predicted octanol–water partition coefficient (Wildman–Crippen LogP) is 4.33. The first-order valence-electron chi connectivity index (χ1n) is 9.20. The number of hydrogen-bond donors (Lipinski definition) is 1.